The van der Waals surface area contributed by atoms with Gasteiger partial charge >= 0.3 is 0 Å². The van der Waals surface area contributed by atoms with Crippen LogP contribution in [0.4, 0.5) is 0 Å². The van der Waals surface area contributed by atoms with Crippen LogP contribution in [0.25, 0.3) is 0 Å². The molecule has 0 radical (unpaired) electrons. The van der Waals surface area contributed by atoms with Crippen LogP contribution in [-0.2, 0) is 13.6 Å². The molecule has 1 heterocycles. The SMILES string of the molecule is CSC1(CNCc2cnn(C)c2)CC1. The Hall–Kier alpha value is -0.480. The first-order valence-corrected chi connectivity index (χ1v) is 6.20. The van der Waals surface area contributed by atoms with Crippen molar-refractivity contribution >= 4 is 11.8 Å². The van der Waals surface area contributed by atoms with E-state index in [0.717, 1.165) is 13.1 Å². The molecule has 78 valence electrons. The second kappa shape index (κ2) is 3.95. The van der Waals surface area contributed by atoms with Crippen molar-refractivity contribution in [2.75, 3.05) is 12.8 Å². The lowest BCUT2D eigenvalue weighted by atomic mass is 10.3. The summed E-state index contributed by atoms with van der Waals surface area (Å²) in [5.74, 6) is 0. The summed E-state index contributed by atoms with van der Waals surface area (Å²) < 4.78 is 2.40. The molecular weight excluding hydrogens is 194 g/mol. The highest BCUT2D eigenvalue weighted by atomic mass is 32.2. The fraction of sp³-hybridized carbons (Fsp3) is 0.700. The minimum atomic E-state index is 0.558. The van der Waals surface area contributed by atoms with Crippen LogP contribution in [0.2, 0.25) is 0 Å². The molecule has 1 aromatic heterocycles. The van der Waals surface area contributed by atoms with Gasteiger partial charge in [0.25, 0.3) is 0 Å². The molecule has 1 N–H and O–H groups in total. The van der Waals surface area contributed by atoms with Crippen molar-refractivity contribution in [3.63, 3.8) is 0 Å². The first kappa shape index (κ1) is 10.1. The summed E-state index contributed by atoms with van der Waals surface area (Å²) in [4.78, 5) is 0. The molecule has 4 heteroatoms. The molecule has 1 fully saturated rings. The van der Waals surface area contributed by atoms with E-state index in [1.807, 2.05) is 29.7 Å². The normalized spacial score (nSPS) is 18.4. The average Bonchev–Trinajstić information content (AvgIpc) is 2.84. The maximum atomic E-state index is 4.14. The van der Waals surface area contributed by atoms with Crippen LogP contribution in [-0.4, -0.2) is 27.3 Å². The Bertz CT molecular complexity index is 304. The molecule has 0 atom stereocenters. The van der Waals surface area contributed by atoms with Crippen LogP contribution in [0.15, 0.2) is 12.4 Å². The van der Waals surface area contributed by atoms with Gasteiger partial charge in [0, 0.05) is 36.6 Å². The van der Waals surface area contributed by atoms with Gasteiger partial charge < -0.3 is 5.32 Å². The maximum absolute atomic E-state index is 4.14. The van der Waals surface area contributed by atoms with Crippen LogP contribution in [0, 0.1) is 0 Å². The third-order valence-electron chi connectivity index (χ3n) is 2.78. The minimum absolute atomic E-state index is 0.558. The van der Waals surface area contributed by atoms with Crippen molar-refractivity contribution in [3.8, 4) is 0 Å². The third-order valence-corrected chi connectivity index (χ3v) is 4.19. The Morgan fingerprint density at radius 2 is 2.43 bits per heavy atom. The standard InChI is InChI=1S/C10H17N3S/c1-13-7-9(6-12-13)5-11-8-10(14-2)3-4-10/h6-7,11H,3-5,8H2,1-2H3. The van der Waals surface area contributed by atoms with Gasteiger partial charge in [-0.25, -0.2) is 0 Å². The highest BCUT2D eigenvalue weighted by molar-refractivity contribution is 8.00. The summed E-state index contributed by atoms with van der Waals surface area (Å²) in [7, 11) is 1.95. The van der Waals surface area contributed by atoms with E-state index in [4.69, 9.17) is 0 Å². The van der Waals surface area contributed by atoms with Crippen LogP contribution in [0.1, 0.15) is 18.4 Å². The molecule has 0 amide bonds. The summed E-state index contributed by atoms with van der Waals surface area (Å²) >= 11 is 2.00. The molecule has 1 saturated carbocycles. The van der Waals surface area contributed by atoms with Gasteiger partial charge in [0.2, 0.25) is 0 Å². The second-order valence-electron chi connectivity index (χ2n) is 4.01. The Balaban J connectivity index is 1.73. The Morgan fingerprint density at radius 1 is 1.64 bits per heavy atom. The molecule has 3 nitrogen and oxygen atoms in total. The fourth-order valence-corrected chi connectivity index (χ4v) is 2.35. The Labute approximate surface area is 89.3 Å². The lowest BCUT2D eigenvalue weighted by Gasteiger charge is -2.11. The second-order valence-corrected chi connectivity index (χ2v) is 5.29. The number of thioether (sulfide) groups is 1. The highest BCUT2D eigenvalue weighted by Crippen LogP contribution is 2.46. The number of rotatable bonds is 5. The Kier molecular flexibility index (Phi) is 2.83. The van der Waals surface area contributed by atoms with Gasteiger partial charge in [-0.2, -0.15) is 16.9 Å². The summed E-state index contributed by atoms with van der Waals surface area (Å²) in [6.45, 7) is 2.07. The fourth-order valence-electron chi connectivity index (χ4n) is 1.59. The average molecular weight is 211 g/mol. The zero-order chi connectivity index (χ0) is 10.0. The van der Waals surface area contributed by atoms with E-state index >= 15 is 0 Å². The lowest BCUT2D eigenvalue weighted by Crippen LogP contribution is -2.25. The lowest BCUT2D eigenvalue weighted by molar-refractivity contribution is 0.662. The molecule has 0 unspecified atom stereocenters. The largest absolute Gasteiger partial charge is 0.311 e. The number of aryl methyl sites for hydroxylation is 1. The molecule has 2 rings (SSSR count). The number of nitrogens with one attached hydrogen (secondary N) is 1. The van der Waals surface area contributed by atoms with Gasteiger partial charge in [0.05, 0.1) is 6.20 Å². The summed E-state index contributed by atoms with van der Waals surface area (Å²) in [6.07, 6.45) is 8.93. The van der Waals surface area contributed by atoms with Crippen molar-refractivity contribution < 1.29 is 0 Å². The molecule has 0 spiro atoms. The van der Waals surface area contributed by atoms with Gasteiger partial charge in [-0.05, 0) is 19.1 Å². The zero-order valence-electron chi connectivity index (χ0n) is 8.79. The maximum Gasteiger partial charge on any atom is 0.0534 e. The Morgan fingerprint density at radius 3 is 2.93 bits per heavy atom. The number of aromatic nitrogens is 2. The molecule has 1 aliphatic carbocycles. The van der Waals surface area contributed by atoms with Crippen molar-refractivity contribution in [2.24, 2.45) is 7.05 Å². The highest BCUT2D eigenvalue weighted by Gasteiger charge is 2.41. The van der Waals surface area contributed by atoms with E-state index in [2.05, 4.69) is 22.9 Å². The van der Waals surface area contributed by atoms with Crippen molar-refractivity contribution in [1.29, 1.82) is 0 Å². The molecule has 0 aliphatic heterocycles. The van der Waals surface area contributed by atoms with E-state index < -0.39 is 0 Å². The van der Waals surface area contributed by atoms with Crippen LogP contribution in [0.3, 0.4) is 0 Å². The van der Waals surface area contributed by atoms with Gasteiger partial charge in [-0.15, -0.1) is 0 Å². The number of nitrogens with zero attached hydrogens (tertiary/aromatic N) is 2. The molecule has 1 aliphatic rings. The first-order chi connectivity index (χ1) is 6.74. The first-order valence-electron chi connectivity index (χ1n) is 4.97. The molecule has 0 saturated heterocycles. The third kappa shape index (κ3) is 2.30. The molecule has 0 bridgehead atoms. The topological polar surface area (TPSA) is 29.9 Å². The monoisotopic (exact) mass is 211 g/mol. The molecule has 14 heavy (non-hydrogen) atoms. The van der Waals surface area contributed by atoms with Crippen LogP contribution >= 0.6 is 11.8 Å². The summed E-state index contributed by atoms with van der Waals surface area (Å²) in [5.41, 5.74) is 1.27. The molecule has 1 aromatic rings. The predicted octanol–water partition coefficient (Wildman–Crippen LogP) is 1.41. The quantitative estimate of drug-likeness (QED) is 0.798. The van der Waals surface area contributed by atoms with Crippen LogP contribution in [0.5, 0.6) is 0 Å². The van der Waals surface area contributed by atoms with E-state index in [1.54, 1.807) is 0 Å². The van der Waals surface area contributed by atoms with E-state index in [9.17, 15) is 0 Å². The van der Waals surface area contributed by atoms with Crippen molar-refractivity contribution in [3.05, 3.63) is 18.0 Å². The predicted molar refractivity (Wildman–Crippen MR) is 60.4 cm³/mol. The van der Waals surface area contributed by atoms with Gasteiger partial charge in [-0.1, -0.05) is 0 Å². The van der Waals surface area contributed by atoms with E-state index in [-0.39, 0.29) is 0 Å². The molecular formula is C10H17N3S. The van der Waals surface area contributed by atoms with Gasteiger partial charge in [0.15, 0.2) is 0 Å². The number of hydrogen-bond acceptors (Lipinski definition) is 3. The van der Waals surface area contributed by atoms with Crippen molar-refractivity contribution in [2.45, 2.75) is 24.1 Å². The van der Waals surface area contributed by atoms with Crippen LogP contribution < -0.4 is 5.32 Å². The van der Waals surface area contributed by atoms with E-state index in [1.165, 1.54) is 18.4 Å². The van der Waals surface area contributed by atoms with Gasteiger partial charge in [-0.3, -0.25) is 4.68 Å². The molecule has 0 aromatic carbocycles. The summed E-state index contributed by atoms with van der Waals surface area (Å²) in [5, 5.41) is 7.63. The smallest absolute Gasteiger partial charge is 0.0534 e. The summed E-state index contributed by atoms with van der Waals surface area (Å²) in [6, 6.07) is 0. The minimum Gasteiger partial charge on any atom is -0.311 e. The number of hydrogen-bond donors (Lipinski definition) is 1. The van der Waals surface area contributed by atoms with Crippen molar-refractivity contribution in [1.82, 2.24) is 15.1 Å². The van der Waals surface area contributed by atoms with Gasteiger partial charge in [0.1, 0.15) is 0 Å². The zero-order valence-corrected chi connectivity index (χ0v) is 9.60. The van der Waals surface area contributed by atoms with E-state index in [0.29, 0.717) is 4.75 Å².